The van der Waals surface area contributed by atoms with Crippen LogP contribution in [0, 0.1) is 0 Å². The molecule has 0 saturated heterocycles. The van der Waals surface area contributed by atoms with E-state index in [2.05, 4.69) is 68.5 Å². The van der Waals surface area contributed by atoms with Crippen LogP contribution in [0.25, 0.3) is 0 Å². The average molecular weight is 592 g/mol. The summed E-state index contributed by atoms with van der Waals surface area (Å²) < 4.78 is 20.2. The molecule has 0 aromatic heterocycles. The number of quaternary nitrogens is 2. The van der Waals surface area contributed by atoms with E-state index in [9.17, 15) is 0 Å². The van der Waals surface area contributed by atoms with E-state index in [1.54, 1.807) is 0 Å². The summed E-state index contributed by atoms with van der Waals surface area (Å²) in [5.41, 5.74) is 0. The molecule has 9 heteroatoms. The first-order chi connectivity index (χ1) is 9.12. The lowest BCUT2D eigenvalue weighted by Gasteiger charge is -2.34. The van der Waals surface area contributed by atoms with Gasteiger partial charge in [-0.3, -0.25) is 0 Å². The van der Waals surface area contributed by atoms with E-state index in [1.807, 2.05) is 0 Å². The van der Waals surface area contributed by atoms with E-state index >= 15 is 0 Å². The molecule has 0 N–H and O–H groups in total. The van der Waals surface area contributed by atoms with Crippen molar-refractivity contribution in [1.82, 2.24) is 0 Å². The molecule has 0 unspecified atom stereocenters. The third kappa shape index (κ3) is 19.9. The number of hydrogen-bond donors (Lipinski definition) is 0. The largest absolute Gasteiger partial charge is 1.00 e. The first-order valence-corrected chi connectivity index (χ1v) is 13.3. The van der Waals surface area contributed by atoms with E-state index in [0.29, 0.717) is 0 Å². The normalized spacial score (nSPS) is 13.3. The van der Waals surface area contributed by atoms with Crippen LogP contribution in [0.5, 0.6) is 0 Å². The van der Waals surface area contributed by atoms with Crippen LogP contribution in [0.4, 0.5) is 0 Å². The second kappa shape index (κ2) is 11.4. The summed E-state index contributed by atoms with van der Waals surface area (Å²) in [6.45, 7) is 11.9. The average Bonchev–Trinajstić information content (AvgIpc) is 2.09. The van der Waals surface area contributed by atoms with E-state index < -0.39 is 17.1 Å². The van der Waals surface area contributed by atoms with Gasteiger partial charge in [-0.2, -0.15) is 0 Å². The first kappa shape index (κ1) is 29.5. The molecule has 144 valence electrons. The topological polar surface area (TPSA) is 27.7 Å². The smallest absolute Gasteiger partial charge is 0.323 e. The molecule has 0 spiro atoms. The third-order valence-electron chi connectivity index (χ3n) is 2.92. The van der Waals surface area contributed by atoms with Crippen molar-refractivity contribution in [3.05, 3.63) is 0 Å². The summed E-state index contributed by atoms with van der Waals surface area (Å²) in [6.07, 6.45) is 0. The molecule has 0 aliphatic carbocycles. The lowest BCUT2D eigenvalue weighted by molar-refractivity contribution is -0.870. The Morgan fingerprint density at radius 1 is 0.609 bits per heavy atom. The van der Waals surface area contributed by atoms with Crippen molar-refractivity contribution in [3.8, 4) is 0 Å². The molecule has 0 heterocycles. The number of hydrogen-bond acceptors (Lipinski definition) is 3. The predicted octanol–water partition coefficient (Wildman–Crippen LogP) is -4.14. The molecule has 0 saturated carbocycles. The Balaban J connectivity index is -0.00000200. The molecule has 0 aromatic carbocycles. The number of halogens is 2. The summed E-state index contributed by atoms with van der Waals surface area (Å²) >= 11 is 0. The second-order valence-electron chi connectivity index (χ2n) is 8.63. The minimum absolute atomic E-state index is 0. The van der Waals surface area contributed by atoms with Gasteiger partial charge in [-0.05, 0) is 26.2 Å². The Kier molecular flexibility index (Phi) is 14.6. The standard InChI is InChI=1S/C14H38N2O3Si2.2HI/c1-15(2,3)11-13-17-20(7,8)19-21(9,10)18-14-12-16(4,5)6;;/h11-14H2,1-10H3;2*1H/q+2;;/p-2. The molecule has 0 rings (SSSR count). The van der Waals surface area contributed by atoms with Crippen molar-refractivity contribution in [2.75, 3.05) is 68.6 Å². The summed E-state index contributed by atoms with van der Waals surface area (Å²) in [5, 5.41) is 0. The van der Waals surface area contributed by atoms with Gasteiger partial charge in [-0.1, -0.05) is 0 Å². The van der Waals surface area contributed by atoms with Gasteiger partial charge < -0.3 is 69.9 Å². The van der Waals surface area contributed by atoms with Gasteiger partial charge in [0.2, 0.25) is 0 Å². The maximum absolute atomic E-state index is 6.27. The number of rotatable bonds is 10. The zero-order valence-corrected chi connectivity index (χ0v) is 23.0. The molecule has 0 aromatic rings. The highest BCUT2D eigenvalue weighted by molar-refractivity contribution is 6.78. The van der Waals surface area contributed by atoms with Gasteiger partial charge in [0.15, 0.2) is 0 Å². The molecular formula is C14H38I2N2O3Si2. The minimum Gasteiger partial charge on any atom is -1.00 e. The Hall–Kier alpha value is 1.69. The fourth-order valence-electron chi connectivity index (χ4n) is 1.78. The quantitative estimate of drug-likeness (QED) is 0.147. The van der Waals surface area contributed by atoms with Crippen LogP contribution in [0.3, 0.4) is 0 Å². The molecule has 0 bridgehead atoms. The summed E-state index contributed by atoms with van der Waals surface area (Å²) in [4.78, 5) is 0. The maximum atomic E-state index is 6.27. The van der Waals surface area contributed by atoms with Crippen LogP contribution in [0.1, 0.15) is 0 Å². The van der Waals surface area contributed by atoms with Crippen LogP contribution in [-0.2, 0) is 13.0 Å². The molecule has 0 atom stereocenters. The highest BCUT2D eigenvalue weighted by atomic mass is 127. The second-order valence-corrected chi connectivity index (χ2v) is 15.6. The monoisotopic (exact) mass is 592 g/mol. The predicted molar refractivity (Wildman–Crippen MR) is 93.8 cm³/mol. The van der Waals surface area contributed by atoms with Gasteiger partial charge in [-0.25, -0.2) is 0 Å². The van der Waals surface area contributed by atoms with Gasteiger partial charge in [0, 0.05) is 0 Å². The Bertz CT molecular complexity index is 290. The molecule has 5 nitrogen and oxygen atoms in total. The summed E-state index contributed by atoms with van der Waals surface area (Å²) in [6, 6.07) is 0. The first-order valence-electron chi connectivity index (χ1n) is 7.71. The molecule has 23 heavy (non-hydrogen) atoms. The molecule has 0 fully saturated rings. The van der Waals surface area contributed by atoms with Crippen LogP contribution in [-0.4, -0.2) is 94.7 Å². The van der Waals surface area contributed by atoms with E-state index in [0.717, 1.165) is 35.3 Å². The maximum Gasteiger partial charge on any atom is 0.323 e. The van der Waals surface area contributed by atoms with E-state index in [1.165, 1.54) is 0 Å². The van der Waals surface area contributed by atoms with Gasteiger partial charge in [0.1, 0.15) is 13.1 Å². The van der Waals surface area contributed by atoms with Gasteiger partial charge in [0.25, 0.3) is 0 Å². The van der Waals surface area contributed by atoms with Crippen molar-refractivity contribution >= 4 is 17.1 Å². The lowest BCUT2D eigenvalue weighted by Crippen LogP contribution is -3.00. The summed E-state index contributed by atoms with van der Waals surface area (Å²) in [7, 11) is 8.81. The minimum atomic E-state index is -2.11. The van der Waals surface area contributed by atoms with Gasteiger partial charge >= 0.3 is 17.1 Å². The molecule has 0 aliphatic rings. The van der Waals surface area contributed by atoms with Gasteiger partial charge in [0.05, 0.1) is 55.5 Å². The Labute approximate surface area is 180 Å². The van der Waals surface area contributed by atoms with E-state index in [4.69, 9.17) is 13.0 Å². The Morgan fingerprint density at radius 2 is 0.870 bits per heavy atom. The number of likely N-dealkylation sites (N-methyl/N-ethyl adjacent to an activating group) is 2. The molecule has 0 amide bonds. The fraction of sp³-hybridized carbons (Fsp3) is 1.00. The van der Waals surface area contributed by atoms with Crippen LogP contribution < -0.4 is 48.0 Å². The third-order valence-corrected chi connectivity index (χ3v) is 8.65. The van der Waals surface area contributed by atoms with Crippen LogP contribution in [0.15, 0.2) is 0 Å². The zero-order chi connectivity index (χ0) is 16.9. The highest BCUT2D eigenvalue weighted by Crippen LogP contribution is 2.17. The van der Waals surface area contributed by atoms with Gasteiger partial charge in [-0.15, -0.1) is 0 Å². The lowest BCUT2D eigenvalue weighted by atomic mass is 10.5. The van der Waals surface area contributed by atoms with Crippen LogP contribution >= 0.6 is 0 Å². The van der Waals surface area contributed by atoms with Crippen molar-refractivity contribution in [3.63, 3.8) is 0 Å². The number of nitrogens with zero attached hydrogens (tertiary/aromatic N) is 2. The van der Waals surface area contributed by atoms with Crippen molar-refractivity contribution in [2.24, 2.45) is 0 Å². The highest BCUT2D eigenvalue weighted by Gasteiger charge is 2.37. The zero-order valence-electron chi connectivity index (χ0n) is 16.7. The molecular weight excluding hydrogens is 554 g/mol. The molecule has 0 radical (unpaired) electrons. The fourth-order valence-corrected chi connectivity index (χ4v) is 8.15. The van der Waals surface area contributed by atoms with Crippen molar-refractivity contribution in [1.29, 1.82) is 0 Å². The van der Waals surface area contributed by atoms with Crippen LogP contribution in [0.2, 0.25) is 26.2 Å². The Morgan fingerprint density at radius 3 is 1.09 bits per heavy atom. The van der Waals surface area contributed by atoms with Crippen molar-refractivity contribution in [2.45, 2.75) is 26.2 Å². The van der Waals surface area contributed by atoms with Crippen molar-refractivity contribution < 1.29 is 69.9 Å². The summed E-state index contributed by atoms with van der Waals surface area (Å²) in [5.74, 6) is 0. The molecule has 0 aliphatic heterocycles. The van der Waals surface area contributed by atoms with E-state index in [-0.39, 0.29) is 48.0 Å². The SMILES string of the molecule is C[N+](C)(C)CCO[Si](C)(C)O[Si](C)(C)OCC[N+](C)(C)C.[I-].[I-].